The molecular weight excluding hydrogens is 384 g/mol. The van der Waals surface area contributed by atoms with Gasteiger partial charge in [-0.2, -0.15) is 0 Å². The molecule has 2 aromatic rings. The molecule has 5 nitrogen and oxygen atoms in total. The Bertz CT molecular complexity index is 908. The molecule has 2 bridgehead atoms. The van der Waals surface area contributed by atoms with E-state index in [1.54, 1.807) is 4.90 Å². The molecule has 0 spiro atoms. The molecule has 126 valence electrons. The van der Waals surface area contributed by atoms with Crippen LogP contribution in [0.4, 0.5) is 5.69 Å². The first kappa shape index (κ1) is 15.9. The van der Waals surface area contributed by atoms with Gasteiger partial charge in [0.2, 0.25) is 0 Å². The van der Waals surface area contributed by atoms with Gasteiger partial charge in [-0.25, -0.2) is 0 Å². The van der Waals surface area contributed by atoms with Gasteiger partial charge in [-0.3, -0.25) is 9.59 Å². The van der Waals surface area contributed by atoms with Crippen LogP contribution in [0.5, 0.6) is 0 Å². The Hall–Kier alpha value is -2.60. The Labute approximate surface area is 153 Å². The van der Waals surface area contributed by atoms with Gasteiger partial charge < -0.3 is 15.3 Å². The van der Waals surface area contributed by atoms with Crippen molar-refractivity contribution >= 4 is 33.5 Å². The van der Waals surface area contributed by atoms with Crippen LogP contribution in [0.2, 0.25) is 0 Å². The summed E-state index contributed by atoms with van der Waals surface area (Å²) < 4.78 is 0.931. The highest BCUT2D eigenvalue weighted by Gasteiger charge is 2.40. The van der Waals surface area contributed by atoms with Crippen molar-refractivity contribution in [3.05, 3.63) is 75.4 Å². The summed E-state index contributed by atoms with van der Waals surface area (Å²) in [5, 5.41) is 12.5. The normalized spacial score (nSPS) is 18.7. The summed E-state index contributed by atoms with van der Waals surface area (Å²) >= 11 is 3.51. The number of benzene rings is 2. The number of carbonyl (C=O) groups excluding carboxylic acids is 1. The summed E-state index contributed by atoms with van der Waals surface area (Å²) in [5.74, 6) is -1.22. The lowest BCUT2D eigenvalue weighted by Crippen LogP contribution is -2.32. The summed E-state index contributed by atoms with van der Waals surface area (Å²) in [5.41, 5.74) is 3.88. The average Bonchev–Trinajstić information content (AvgIpc) is 2.79. The Morgan fingerprint density at radius 2 is 2.00 bits per heavy atom. The first-order valence-corrected chi connectivity index (χ1v) is 8.70. The zero-order valence-corrected chi connectivity index (χ0v) is 14.8. The number of rotatable bonds is 3. The predicted octanol–water partition coefficient (Wildman–Crippen LogP) is 3.54. The highest BCUT2D eigenvalue weighted by molar-refractivity contribution is 9.10. The zero-order valence-electron chi connectivity index (χ0n) is 13.2. The third-order valence-electron chi connectivity index (χ3n) is 4.56. The van der Waals surface area contributed by atoms with Crippen LogP contribution < -0.4 is 5.32 Å². The highest BCUT2D eigenvalue weighted by atomic mass is 79.9. The number of halogens is 1. The van der Waals surface area contributed by atoms with Crippen LogP contribution in [-0.4, -0.2) is 28.4 Å². The lowest BCUT2D eigenvalue weighted by Gasteiger charge is -2.29. The van der Waals surface area contributed by atoms with Crippen molar-refractivity contribution in [3.8, 4) is 0 Å². The van der Waals surface area contributed by atoms with Gasteiger partial charge in [-0.1, -0.05) is 46.3 Å². The summed E-state index contributed by atoms with van der Waals surface area (Å²) in [6.45, 7) is 0.382. The summed E-state index contributed by atoms with van der Waals surface area (Å²) in [6, 6.07) is 15.4. The number of aliphatic carboxylic acids is 1. The highest BCUT2D eigenvalue weighted by Crippen LogP contribution is 2.42. The summed E-state index contributed by atoms with van der Waals surface area (Å²) in [6.07, 6.45) is -0.273. The zero-order chi connectivity index (χ0) is 17.6. The molecule has 2 aromatic carbocycles. The SMILES string of the molecule is O=C(O)CC1=C2CN(C1=O)[C@H](c1ccccc1)c1cc(Br)ccc1N2. The molecule has 2 N–H and O–H groups in total. The van der Waals surface area contributed by atoms with E-state index in [0.29, 0.717) is 17.8 Å². The van der Waals surface area contributed by atoms with Crippen molar-refractivity contribution in [1.29, 1.82) is 0 Å². The van der Waals surface area contributed by atoms with E-state index in [1.807, 2.05) is 48.5 Å². The molecule has 1 atom stereocenters. The maximum Gasteiger partial charge on any atom is 0.308 e. The van der Waals surface area contributed by atoms with Crippen LogP contribution in [0.3, 0.4) is 0 Å². The van der Waals surface area contributed by atoms with Gasteiger partial charge in [-0.15, -0.1) is 0 Å². The molecule has 6 heteroatoms. The van der Waals surface area contributed by atoms with Gasteiger partial charge in [-0.05, 0) is 23.8 Å². The quantitative estimate of drug-likeness (QED) is 0.829. The number of anilines is 1. The fraction of sp³-hybridized carbons (Fsp3) is 0.158. The van der Waals surface area contributed by atoms with E-state index in [9.17, 15) is 9.59 Å². The number of nitrogens with zero attached hydrogens (tertiary/aromatic N) is 1. The second-order valence-corrected chi connectivity index (χ2v) is 7.05. The Morgan fingerprint density at radius 1 is 1.24 bits per heavy atom. The van der Waals surface area contributed by atoms with Crippen LogP contribution >= 0.6 is 15.9 Å². The fourth-order valence-corrected chi connectivity index (χ4v) is 3.87. The number of amides is 1. The minimum atomic E-state index is -1.00. The number of hydrogen-bond acceptors (Lipinski definition) is 3. The molecule has 2 aliphatic heterocycles. The van der Waals surface area contributed by atoms with E-state index in [-0.39, 0.29) is 18.4 Å². The number of carboxylic acids is 1. The van der Waals surface area contributed by atoms with Crippen molar-refractivity contribution in [2.75, 3.05) is 11.9 Å². The van der Waals surface area contributed by atoms with E-state index in [0.717, 1.165) is 21.3 Å². The Balaban J connectivity index is 1.90. The van der Waals surface area contributed by atoms with Crippen molar-refractivity contribution in [2.24, 2.45) is 0 Å². The molecule has 0 aromatic heterocycles. The Kier molecular flexibility index (Phi) is 3.84. The molecule has 0 saturated carbocycles. The number of hydrogen-bond donors (Lipinski definition) is 2. The lowest BCUT2D eigenvalue weighted by molar-refractivity contribution is -0.137. The van der Waals surface area contributed by atoms with E-state index in [4.69, 9.17) is 5.11 Å². The maximum atomic E-state index is 12.9. The van der Waals surface area contributed by atoms with E-state index in [1.165, 1.54) is 0 Å². The molecule has 25 heavy (non-hydrogen) atoms. The van der Waals surface area contributed by atoms with Gasteiger partial charge in [0, 0.05) is 27.0 Å². The first-order chi connectivity index (χ1) is 12.0. The number of fused-ring (bicyclic) bond motifs is 3. The Morgan fingerprint density at radius 3 is 2.72 bits per heavy atom. The molecule has 0 saturated heterocycles. The predicted molar refractivity (Wildman–Crippen MR) is 97.0 cm³/mol. The lowest BCUT2D eigenvalue weighted by atomic mass is 9.95. The van der Waals surface area contributed by atoms with E-state index >= 15 is 0 Å². The molecule has 0 unspecified atom stereocenters. The smallest absolute Gasteiger partial charge is 0.308 e. The monoisotopic (exact) mass is 398 g/mol. The van der Waals surface area contributed by atoms with Gasteiger partial charge in [0.05, 0.1) is 19.0 Å². The van der Waals surface area contributed by atoms with Gasteiger partial charge in [0.25, 0.3) is 5.91 Å². The van der Waals surface area contributed by atoms with Crippen LogP contribution in [0.15, 0.2) is 64.3 Å². The third kappa shape index (κ3) is 2.72. The molecule has 0 aliphatic carbocycles. The first-order valence-electron chi connectivity index (χ1n) is 7.91. The average molecular weight is 399 g/mol. The van der Waals surface area contributed by atoms with Gasteiger partial charge >= 0.3 is 5.97 Å². The molecular formula is C19H15BrN2O3. The van der Waals surface area contributed by atoms with Crippen molar-refractivity contribution in [3.63, 3.8) is 0 Å². The summed E-state index contributed by atoms with van der Waals surface area (Å²) in [7, 11) is 0. The molecule has 1 amide bonds. The minimum absolute atomic E-state index is 0.218. The summed E-state index contributed by atoms with van der Waals surface area (Å²) in [4.78, 5) is 25.8. The number of carbonyl (C=O) groups is 2. The van der Waals surface area contributed by atoms with Crippen LogP contribution in [-0.2, 0) is 9.59 Å². The van der Waals surface area contributed by atoms with Crippen LogP contribution in [0.1, 0.15) is 23.6 Å². The standard InChI is InChI=1S/C19H15BrN2O3/c20-12-6-7-15-13(8-12)18(11-4-2-1-3-5-11)22-10-16(21-15)14(19(22)25)9-17(23)24/h1-8,18,21H,9-10H2,(H,23,24)/t18-/m1/s1. The van der Waals surface area contributed by atoms with Crippen molar-refractivity contribution < 1.29 is 14.7 Å². The second kappa shape index (κ2) is 6.04. The van der Waals surface area contributed by atoms with Crippen LogP contribution in [0.25, 0.3) is 0 Å². The molecule has 0 radical (unpaired) electrons. The number of carboxylic acid groups (broad SMARTS) is 1. The van der Waals surface area contributed by atoms with Crippen LogP contribution in [0, 0.1) is 0 Å². The largest absolute Gasteiger partial charge is 0.481 e. The maximum absolute atomic E-state index is 12.9. The van der Waals surface area contributed by atoms with E-state index in [2.05, 4.69) is 21.2 Å². The van der Waals surface area contributed by atoms with E-state index < -0.39 is 5.97 Å². The molecule has 4 rings (SSSR count). The number of nitrogens with one attached hydrogen (secondary N) is 1. The second-order valence-electron chi connectivity index (χ2n) is 6.13. The topological polar surface area (TPSA) is 69.6 Å². The molecule has 2 heterocycles. The van der Waals surface area contributed by atoms with Crippen molar-refractivity contribution in [1.82, 2.24) is 4.90 Å². The molecule has 2 aliphatic rings. The van der Waals surface area contributed by atoms with Gasteiger partial charge in [0.15, 0.2) is 0 Å². The van der Waals surface area contributed by atoms with Crippen molar-refractivity contribution in [2.45, 2.75) is 12.5 Å². The van der Waals surface area contributed by atoms with Gasteiger partial charge in [0.1, 0.15) is 0 Å². The molecule has 0 fully saturated rings. The third-order valence-corrected chi connectivity index (χ3v) is 5.05. The fourth-order valence-electron chi connectivity index (χ4n) is 3.50. The minimum Gasteiger partial charge on any atom is -0.481 e.